The number of guanidine groups is 1. The van der Waals surface area contributed by atoms with Crippen molar-refractivity contribution >= 4 is 35.8 Å². The minimum Gasteiger partial charge on any atom is -0.497 e. The zero-order chi connectivity index (χ0) is 21.1. The van der Waals surface area contributed by atoms with Gasteiger partial charge in [0.05, 0.1) is 20.8 Å². The number of benzene rings is 2. The molecule has 8 heteroatoms. The first-order chi connectivity index (χ1) is 14.1. The van der Waals surface area contributed by atoms with E-state index >= 15 is 0 Å². The lowest BCUT2D eigenvalue weighted by atomic mass is 10.1. The van der Waals surface area contributed by atoms with Crippen LogP contribution in [-0.2, 0) is 6.54 Å². The van der Waals surface area contributed by atoms with Crippen molar-refractivity contribution in [2.75, 3.05) is 33.9 Å². The number of methoxy groups -OCH3 is 2. The average Bonchev–Trinajstić information content (AvgIpc) is 2.75. The van der Waals surface area contributed by atoms with Crippen LogP contribution in [0.15, 0.2) is 47.5 Å². The van der Waals surface area contributed by atoms with Gasteiger partial charge in [0.15, 0.2) is 5.96 Å². The normalized spacial score (nSPS) is 10.6. The highest BCUT2D eigenvalue weighted by molar-refractivity contribution is 14.0. The number of carbonyl (C=O) groups is 1. The van der Waals surface area contributed by atoms with E-state index in [1.165, 1.54) is 0 Å². The van der Waals surface area contributed by atoms with Crippen LogP contribution in [-0.4, -0.2) is 45.7 Å². The summed E-state index contributed by atoms with van der Waals surface area (Å²) < 4.78 is 10.5. The number of rotatable bonds is 9. The van der Waals surface area contributed by atoms with E-state index in [9.17, 15) is 4.79 Å². The van der Waals surface area contributed by atoms with Crippen LogP contribution in [0.2, 0.25) is 0 Å². The maximum Gasteiger partial charge on any atom is 0.251 e. The molecule has 0 bridgehead atoms. The molecule has 0 radical (unpaired) electrons. The summed E-state index contributed by atoms with van der Waals surface area (Å²) >= 11 is 0. The van der Waals surface area contributed by atoms with Gasteiger partial charge in [-0.3, -0.25) is 4.79 Å². The van der Waals surface area contributed by atoms with Gasteiger partial charge in [0.2, 0.25) is 0 Å². The van der Waals surface area contributed by atoms with Crippen molar-refractivity contribution in [1.29, 1.82) is 0 Å². The van der Waals surface area contributed by atoms with Crippen molar-refractivity contribution < 1.29 is 14.3 Å². The fraction of sp³-hybridized carbons (Fsp3) is 0.364. The number of nitrogens with zero attached hydrogens (tertiary/aromatic N) is 1. The summed E-state index contributed by atoms with van der Waals surface area (Å²) in [6.07, 6.45) is 0. The Morgan fingerprint density at radius 1 is 0.967 bits per heavy atom. The molecule has 164 valence electrons. The van der Waals surface area contributed by atoms with Crippen molar-refractivity contribution in [3.8, 4) is 11.5 Å². The highest BCUT2D eigenvalue weighted by Gasteiger charge is 2.06. The van der Waals surface area contributed by atoms with Gasteiger partial charge in [-0.1, -0.05) is 12.1 Å². The Morgan fingerprint density at radius 3 is 2.30 bits per heavy atom. The summed E-state index contributed by atoms with van der Waals surface area (Å²) in [5.41, 5.74) is 2.76. The molecule has 0 aliphatic rings. The third-order valence-corrected chi connectivity index (χ3v) is 4.25. The van der Waals surface area contributed by atoms with Gasteiger partial charge in [-0.05, 0) is 49.7 Å². The Hall–Kier alpha value is -2.49. The van der Waals surface area contributed by atoms with Crippen LogP contribution in [0.3, 0.4) is 0 Å². The van der Waals surface area contributed by atoms with E-state index in [1.54, 1.807) is 38.5 Å². The maximum absolute atomic E-state index is 12.2. The van der Waals surface area contributed by atoms with Gasteiger partial charge in [-0.2, -0.15) is 0 Å². The Morgan fingerprint density at radius 2 is 1.67 bits per heavy atom. The predicted octanol–water partition coefficient (Wildman–Crippen LogP) is 3.12. The van der Waals surface area contributed by atoms with Crippen LogP contribution in [0.5, 0.6) is 11.5 Å². The van der Waals surface area contributed by atoms with Crippen LogP contribution in [0.1, 0.15) is 28.4 Å². The van der Waals surface area contributed by atoms with E-state index in [2.05, 4.69) is 20.9 Å². The second-order valence-electron chi connectivity index (χ2n) is 6.42. The topological polar surface area (TPSA) is 84.0 Å². The second kappa shape index (κ2) is 13.7. The lowest BCUT2D eigenvalue weighted by molar-refractivity contribution is 0.0954. The zero-order valence-electron chi connectivity index (χ0n) is 18.0. The van der Waals surface area contributed by atoms with Crippen LogP contribution in [0.4, 0.5) is 0 Å². The Kier molecular flexibility index (Phi) is 11.7. The molecular formula is C22H31IN4O3. The minimum atomic E-state index is -0.124. The Bertz CT molecular complexity index is 826. The molecule has 0 fully saturated rings. The highest BCUT2D eigenvalue weighted by Crippen LogP contribution is 2.20. The number of carbonyl (C=O) groups excluding carboxylic acids is 1. The Labute approximate surface area is 195 Å². The summed E-state index contributed by atoms with van der Waals surface area (Å²) in [5.74, 6) is 2.12. The molecule has 30 heavy (non-hydrogen) atoms. The summed E-state index contributed by atoms with van der Waals surface area (Å²) in [4.78, 5) is 16.8. The first-order valence-electron chi connectivity index (χ1n) is 9.65. The first kappa shape index (κ1) is 25.5. The minimum absolute atomic E-state index is 0. The van der Waals surface area contributed by atoms with Gasteiger partial charge < -0.3 is 25.4 Å². The largest absolute Gasteiger partial charge is 0.497 e. The van der Waals surface area contributed by atoms with Crippen LogP contribution >= 0.6 is 24.0 Å². The molecule has 0 heterocycles. The van der Waals surface area contributed by atoms with E-state index in [0.29, 0.717) is 31.2 Å². The smallest absolute Gasteiger partial charge is 0.251 e. The number of aryl methyl sites for hydroxylation is 1. The number of aliphatic imine (C=N–C) groups is 1. The molecule has 1 amide bonds. The molecule has 0 aliphatic carbocycles. The Balaban J connectivity index is 0.00000450. The van der Waals surface area contributed by atoms with Crippen molar-refractivity contribution in [2.45, 2.75) is 20.4 Å². The van der Waals surface area contributed by atoms with Crippen LogP contribution in [0.25, 0.3) is 0 Å². The van der Waals surface area contributed by atoms with Crippen molar-refractivity contribution in [1.82, 2.24) is 16.0 Å². The molecule has 0 unspecified atom stereocenters. The highest BCUT2D eigenvalue weighted by atomic mass is 127. The molecule has 2 aromatic rings. The van der Waals surface area contributed by atoms with E-state index in [4.69, 9.17) is 9.47 Å². The van der Waals surface area contributed by atoms with E-state index in [-0.39, 0.29) is 29.9 Å². The molecule has 3 N–H and O–H groups in total. The van der Waals surface area contributed by atoms with E-state index in [1.807, 2.05) is 32.0 Å². The number of hydrogen-bond acceptors (Lipinski definition) is 4. The number of ether oxygens (including phenoxy) is 2. The summed E-state index contributed by atoms with van der Waals surface area (Å²) in [5, 5.41) is 9.32. The fourth-order valence-corrected chi connectivity index (χ4v) is 2.69. The molecule has 2 aromatic carbocycles. The summed E-state index contributed by atoms with van der Waals surface area (Å²) in [6.45, 7) is 6.31. The van der Waals surface area contributed by atoms with Crippen LogP contribution in [0, 0.1) is 6.92 Å². The molecule has 0 aliphatic heterocycles. The molecular weight excluding hydrogens is 495 g/mol. The predicted molar refractivity (Wildman–Crippen MR) is 131 cm³/mol. The molecule has 0 saturated heterocycles. The van der Waals surface area contributed by atoms with E-state index < -0.39 is 0 Å². The zero-order valence-corrected chi connectivity index (χ0v) is 20.3. The molecule has 0 atom stereocenters. The SMILES string of the molecule is CCNC(=NCc1ccc(C)cc1OC)NCCNC(=O)c1ccc(OC)cc1.I. The van der Waals surface area contributed by atoms with Crippen molar-refractivity contribution in [3.63, 3.8) is 0 Å². The molecule has 0 saturated carbocycles. The van der Waals surface area contributed by atoms with Gasteiger partial charge >= 0.3 is 0 Å². The number of halogens is 1. The van der Waals surface area contributed by atoms with Gasteiger partial charge in [-0.15, -0.1) is 24.0 Å². The van der Waals surface area contributed by atoms with Gasteiger partial charge in [0.25, 0.3) is 5.91 Å². The average molecular weight is 526 g/mol. The third-order valence-electron chi connectivity index (χ3n) is 4.25. The lowest BCUT2D eigenvalue weighted by Crippen LogP contribution is -2.41. The van der Waals surface area contributed by atoms with Crippen molar-refractivity contribution in [2.24, 2.45) is 4.99 Å². The standard InChI is InChI=1S/C22H30N4O3.HI/c1-5-23-22(26-15-18-7-6-16(2)14-20(18)29-4)25-13-12-24-21(27)17-8-10-19(28-3)11-9-17;/h6-11,14H,5,12-13,15H2,1-4H3,(H,24,27)(H2,23,25,26);1H. The number of nitrogens with one attached hydrogen (secondary N) is 3. The van der Waals surface area contributed by atoms with Crippen LogP contribution < -0.4 is 25.4 Å². The molecule has 0 aromatic heterocycles. The number of amides is 1. The van der Waals surface area contributed by atoms with Crippen molar-refractivity contribution in [3.05, 3.63) is 59.2 Å². The first-order valence-corrected chi connectivity index (χ1v) is 9.65. The molecule has 7 nitrogen and oxygen atoms in total. The summed E-state index contributed by atoms with van der Waals surface area (Å²) in [7, 11) is 3.26. The fourth-order valence-electron chi connectivity index (χ4n) is 2.69. The monoisotopic (exact) mass is 526 g/mol. The quantitative estimate of drug-likeness (QED) is 0.203. The van der Waals surface area contributed by atoms with Gasteiger partial charge in [0.1, 0.15) is 11.5 Å². The molecule has 0 spiro atoms. The summed E-state index contributed by atoms with van der Waals surface area (Å²) in [6, 6.07) is 13.1. The van der Waals surface area contributed by atoms with Gasteiger partial charge in [-0.25, -0.2) is 4.99 Å². The number of hydrogen-bond donors (Lipinski definition) is 3. The maximum atomic E-state index is 12.2. The lowest BCUT2D eigenvalue weighted by Gasteiger charge is -2.13. The van der Waals surface area contributed by atoms with Gasteiger partial charge in [0, 0.05) is 30.8 Å². The van der Waals surface area contributed by atoms with E-state index in [0.717, 1.165) is 29.2 Å². The third kappa shape index (κ3) is 8.10. The molecule has 2 rings (SSSR count). The second-order valence-corrected chi connectivity index (χ2v) is 6.42.